The molecule has 0 radical (unpaired) electrons. The highest BCUT2D eigenvalue weighted by Gasteiger charge is 2.26. The van der Waals surface area contributed by atoms with Gasteiger partial charge in [-0.3, -0.25) is 14.9 Å². The molecule has 0 aliphatic carbocycles. The number of amides is 1. The van der Waals surface area contributed by atoms with E-state index in [0.29, 0.717) is 40.9 Å². The zero-order valence-corrected chi connectivity index (χ0v) is 20.5. The fourth-order valence-corrected chi connectivity index (χ4v) is 4.72. The lowest BCUT2D eigenvalue weighted by Crippen LogP contribution is -2.45. The van der Waals surface area contributed by atoms with Crippen LogP contribution < -0.4 is 10.2 Å². The number of hydrogen-bond donors (Lipinski definition) is 2. The Morgan fingerprint density at radius 3 is 2.61 bits per heavy atom. The topological polar surface area (TPSA) is 113 Å². The van der Waals surface area contributed by atoms with E-state index >= 15 is 0 Å². The van der Waals surface area contributed by atoms with Gasteiger partial charge in [-0.05, 0) is 56.3 Å². The highest BCUT2D eigenvalue weighted by atomic mass is 35.5. The lowest BCUT2D eigenvalue weighted by atomic mass is 10.1. The Balaban J connectivity index is 1.42. The molecule has 1 aliphatic rings. The summed E-state index contributed by atoms with van der Waals surface area (Å²) in [6.45, 7) is 5.15. The van der Waals surface area contributed by atoms with E-state index in [2.05, 4.69) is 15.3 Å². The van der Waals surface area contributed by atoms with Crippen molar-refractivity contribution in [2.75, 3.05) is 23.3 Å². The summed E-state index contributed by atoms with van der Waals surface area (Å²) in [6, 6.07) is 17.2. The summed E-state index contributed by atoms with van der Waals surface area (Å²) >= 11 is 6.41. The predicted molar refractivity (Wildman–Crippen MR) is 140 cm³/mol. The first kappa shape index (κ1) is 23.8. The number of aromatic nitrogens is 2. The number of benzene rings is 3. The van der Waals surface area contributed by atoms with Crippen molar-refractivity contribution >= 4 is 45.6 Å². The van der Waals surface area contributed by atoms with Crippen LogP contribution in [0.3, 0.4) is 0 Å². The maximum Gasteiger partial charge on any atom is 0.284 e. The Bertz CT molecular complexity index is 1430. The number of aromatic amines is 1. The third-order valence-electron chi connectivity index (χ3n) is 6.08. The molecule has 0 unspecified atom stereocenters. The molecule has 9 nitrogen and oxygen atoms in total. The summed E-state index contributed by atoms with van der Waals surface area (Å²) in [6.07, 6.45) is 0.00303. The van der Waals surface area contributed by atoms with Crippen molar-refractivity contribution in [3.8, 4) is 11.4 Å². The lowest BCUT2D eigenvalue weighted by molar-refractivity contribution is -0.385. The Kier molecular flexibility index (Phi) is 6.34. The monoisotopic (exact) mass is 505 g/mol. The van der Waals surface area contributed by atoms with Crippen molar-refractivity contribution in [2.45, 2.75) is 26.1 Å². The molecular weight excluding hydrogens is 482 g/mol. The molecule has 1 amide bonds. The molecule has 2 N–H and O–H groups in total. The number of morpholine rings is 1. The summed E-state index contributed by atoms with van der Waals surface area (Å²) in [5, 5.41) is 15.1. The van der Waals surface area contributed by atoms with Gasteiger partial charge < -0.3 is 19.9 Å². The van der Waals surface area contributed by atoms with E-state index in [1.807, 2.05) is 43.0 Å². The quantitative estimate of drug-likeness (QED) is 0.267. The second-order valence-corrected chi connectivity index (χ2v) is 9.28. The van der Waals surface area contributed by atoms with E-state index in [1.54, 1.807) is 24.3 Å². The van der Waals surface area contributed by atoms with Crippen LogP contribution in [0.4, 0.5) is 17.1 Å². The number of carbonyl (C=O) groups is 1. The molecule has 184 valence electrons. The number of H-pyrrole nitrogens is 1. The molecule has 2 atom stereocenters. The van der Waals surface area contributed by atoms with Crippen LogP contribution in [0.15, 0.2) is 60.7 Å². The van der Waals surface area contributed by atoms with Gasteiger partial charge in [0.2, 0.25) is 0 Å². The predicted octanol–water partition coefficient (Wildman–Crippen LogP) is 5.66. The van der Waals surface area contributed by atoms with Crippen LogP contribution in [0.2, 0.25) is 5.02 Å². The number of para-hydroxylation sites is 2. The minimum atomic E-state index is -0.588. The molecule has 0 spiro atoms. The van der Waals surface area contributed by atoms with Gasteiger partial charge in [-0.1, -0.05) is 23.7 Å². The minimum absolute atomic E-state index is 0.00151. The number of fused-ring (bicyclic) bond motifs is 1. The highest BCUT2D eigenvalue weighted by Crippen LogP contribution is 2.32. The summed E-state index contributed by atoms with van der Waals surface area (Å²) in [7, 11) is 0. The summed E-state index contributed by atoms with van der Waals surface area (Å²) in [5.74, 6) is -0.0311. The van der Waals surface area contributed by atoms with Crippen molar-refractivity contribution in [3.05, 3.63) is 81.4 Å². The number of ether oxygens (including phenoxy) is 1. The number of halogens is 1. The van der Waals surface area contributed by atoms with E-state index in [0.717, 1.165) is 11.0 Å². The number of nitrogens with zero attached hydrogens (tertiary/aromatic N) is 3. The number of hydrogen-bond acceptors (Lipinski definition) is 6. The van der Waals surface area contributed by atoms with Crippen LogP contribution in [0, 0.1) is 10.1 Å². The molecule has 1 aromatic heterocycles. The molecule has 4 aromatic rings. The van der Waals surface area contributed by atoms with Gasteiger partial charge in [0.25, 0.3) is 11.6 Å². The van der Waals surface area contributed by atoms with E-state index < -0.39 is 10.8 Å². The molecule has 36 heavy (non-hydrogen) atoms. The fraction of sp³-hybridized carbons (Fsp3) is 0.231. The van der Waals surface area contributed by atoms with Crippen molar-refractivity contribution < 1.29 is 14.5 Å². The molecule has 1 saturated heterocycles. The number of nitro benzene ring substituents is 1. The van der Waals surface area contributed by atoms with Gasteiger partial charge in [-0.15, -0.1) is 0 Å². The Morgan fingerprint density at radius 1 is 1.14 bits per heavy atom. The lowest BCUT2D eigenvalue weighted by Gasteiger charge is -2.36. The normalized spacial score (nSPS) is 17.8. The first-order chi connectivity index (χ1) is 17.3. The van der Waals surface area contributed by atoms with E-state index in [1.165, 1.54) is 12.1 Å². The molecule has 2 heterocycles. The van der Waals surface area contributed by atoms with Crippen LogP contribution in [0.1, 0.15) is 24.2 Å². The summed E-state index contributed by atoms with van der Waals surface area (Å²) in [4.78, 5) is 34.3. The zero-order valence-electron chi connectivity index (χ0n) is 19.7. The van der Waals surface area contributed by atoms with E-state index in [-0.39, 0.29) is 23.5 Å². The number of imidazole rings is 1. The first-order valence-electron chi connectivity index (χ1n) is 11.5. The van der Waals surface area contributed by atoms with E-state index in [9.17, 15) is 14.9 Å². The smallest absolute Gasteiger partial charge is 0.284 e. The van der Waals surface area contributed by atoms with Gasteiger partial charge in [0.1, 0.15) is 11.4 Å². The Hall–Kier alpha value is -3.95. The van der Waals surface area contributed by atoms with Gasteiger partial charge in [-0.2, -0.15) is 0 Å². The van der Waals surface area contributed by atoms with Crippen molar-refractivity contribution in [3.63, 3.8) is 0 Å². The second-order valence-electron chi connectivity index (χ2n) is 8.87. The van der Waals surface area contributed by atoms with Gasteiger partial charge >= 0.3 is 0 Å². The molecule has 1 aliphatic heterocycles. The summed E-state index contributed by atoms with van der Waals surface area (Å²) < 4.78 is 5.76. The first-order valence-corrected chi connectivity index (χ1v) is 11.9. The number of anilines is 2. The molecular formula is C26H24ClN5O4. The van der Waals surface area contributed by atoms with Crippen molar-refractivity contribution in [2.24, 2.45) is 0 Å². The number of carbonyl (C=O) groups excluding carboxylic acids is 1. The largest absolute Gasteiger partial charge is 0.372 e. The van der Waals surface area contributed by atoms with Crippen molar-refractivity contribution in [1.82, 2.24) is 9.97 Å². The molecule has 0 bridgehead atoms. The number of rotatable bonds is 5. The van der Waals surface area contributed by atoms with Gasteiger partial charge in [0, 0.05) is 36.1 Å². The third kappa shape index (κ3) is 4.75. The number of nitro groups is 1. The number of nitrogens with one attached hydrogen (secondary N) is 2. The van der Waals surface area contributed by atoms with E-state index in [4.69, 9.17) is 16.3 Å². The highest BCUT2D eigenvalue weighted by molar-refractivity contribution is 6.33. The zero-order chi connectivity index (χ0) is 25.4. The molecule has 10 heteroatoms. The van der Waals surface area contributed by atoms with Gasteiger partial charge in [-0.25, -0.2) is 4.98 Å². The van der Waals surface area contributed by atoms with Gasteiger partial charge in [0.05, 0.1) is 33.2 Å². The standard InChI is InChI=1S/C26H24ClN5O4/c1-15-13-31(14-16(2)36-15)18-8-9-19(24(12-18)32(34)35)26(33)28-17-7-10-21(27)20(11-17)25-29-22-5-3-4-6-23(22)30-25/h3-12,15-16H,13-14H2,1-2H3,(H,28,33)(H,29,30)/t15-,16+. The van der Waals surface area contributed by atoms with Crippen LogP contribution in [-0.2, 0) is 4.74 Å². The summed E-state index contributed by atoms with van der Waals surface area (Å²) in [5.41, 5.74) is 3.08. The average molecular weight is 506 g/mol. The van der Waals surface area contributed by atoms with Gasteiger partial charge in [0.15, 0.2) is 0 Å². The van der Waals surface area contributed by atoms with Crippen LogP contribution in [-0.4, -0.2) is 46.1 Å². The Labute approximate surface area is 212 Å². The minimum Gasteiger partial charge on any atom is -0.372 e. The van der Waals surface area contributed by atoms with Crippen LogP contribution >= 0.6 is 11.6 Å². The van der Waals surface area contributed by atoms with Crippen molar-refractivity contribution in [1.29, 1.82) is 0 Å². The maximum absolute atomic E-state index is 13.1. The molecule has 1 fully saturated rings. The SMILES string of the molecule is C[C@@H]1CN(c2ccc(C(=O)Nc3ccc(Cl)c(-c4nc5ccccc5[nH]4)c3)c([N+](=O)[O-])c2)C[C@H](C)O1. The molecule has 5 rings (SSSR count). The Morgan fingerprint density at radius 2 is 1.89 bits per heavy atom. The fourth-order valence-electron chi connectivity index (χ4n) is 4.51. The van der Waals surface area contributed by atoms with Crippen LogP contribution in [0.5, 0.6) is 0 Å². The maximum atomic E-state index is 13.1. The second kappa shape index (κ2) is 9.60. The van der Waals surface area contributed by atoms with Crippen LogP contribution in [0.25, 0.3) is 22.4 Å². The average Bonchev–Trinajstić information content (AvgIpc) is 3.28. The molecule has 0 saturated carbocycles. The third-order valence-corrected chi connectivity index (χ3v) is 6.41. The molecule has 3 aromatic carbocycles.